The molecule has 3 rings (SSSR count). The lowest BCUT2D eigenvalue weighted by atomic mass is 10.1. The molecule has 0 fully saturated rings. The molecule has 0 aliphatic heterocycles. The number of benzene rings is 1. The Labute approximate surface area is 109 Å². The van der Waals surface area contributed by atoms with E-state index in [0.29, 0.717) is 28.2 Å². The Bertz CT molecular complexity index is 750. The second-order valence-electron chi connectivity index (χ2n) is 4.19. The molecule has 0 N–H and O–H groups in total. The van der Waals surface area contributed by atoms with E-state index in [1.807, 2.05) is 24.3 Å². The van der Waals surface area contributed by atoms with E-state index < -0.39 is 0 Å². The normalized spacial score (nSPS) is 10.8. The van der Waals surface area contributed by atoms with Gasteiger partial charge in [-0.15, -0.1) is 0 Å². The number of pyridine rings is 1. The molecule has 1 aromatic carbocycles. The van der Waals surface area contributed by atoms with Crippen LogP contribution in [0.4, 0.5) is 0 Å². The molecule has 0 unspecified atom stereocenters. The Morgan fingerprint density at radius 1 is 1.21 bits per heavy atom. The number of ether oxygens (including phenoxy) is 1. The molecule has 0 spiro atoms. The van der Waals surface area contributed by atoms with Crippen molar-refractivity contribution < 1.29 is 14.0 Å². The third-order valence-electron chi connectivity index (χ3n) is 3.05. The van der Waals surface area contributed by atoms with Gasteiger partial charge in [0.15, 0.2) is 5.69 Å². The molecule has 5 nitrogen and oxygen atoms in total. The van der Waals surface area contributed by atoms with E-state index in [1.54, 1.807) is 26.2 Å². The van der Waals surface area contributed by atoms with Gasteiger partial charge in [-0.2, -0.15) is 4.73 Å². The molecule has 0 atom stereocenters. The first kappa shape index (κ1) is 11.5. The summed E-state index contributed by atoms with van der Waals surface area (Å²) in [5.74, 6) is 0.653. The van der Waals surface area contributed by atoms with Gasteiger partial charge in [-0.25, -0.2) is 0 Å². The lowest BCUT2D eigenvalue weighted by Crippen LogP contribution is -2.30. The summed E-state index contributed by atoms with van der Waals surface area (Å²) >= 11 is 0. The molecule has 0 saturated carbocycles. The number of hydrogen-bond acceptors (Lipinski definition) is 4. The number of methoxy groups -OCH3 is 1. The van der Waals surface area contributed by atoms with Crippen LogP contribution in [0, 0.1) is 12.1 Å². The second-order valence-corrected chi connectivity index (χ2v) is 4.19. The molecule has 19 heavy (non-hydrogen) atoms. The summed E-state index contributed by atoms with van der Waals surface area (Å²) in [7, 11) is 1.58. The number of hydrogen-bond donors (Lipinski definition) is 0. The summed E-state index contributed by atoms with van der Waals surface area (Å²) in [4.78, 5) is 0. The van der Waals surface area contributed by atoms with E-state index >= 15 is 0 Å². The molecule has 0 aliphatic rings. The summed E-state index contributed by atoms with van der Waals surface area (Å²) in [6, 6.07) is 10.8. The number of rotatable bonds is 2. The highest BCUT2D eigenvalue weighted by molar-refractivity contribution is 5.75. The van der Waals surface area contributed by atoms with Crippen molar-refractivity contribution in [1.82, 2.24) is 5.16 Å². The van der Waals surface area contributed by atoms with Crippen LogP contribution < -0.4 is 9.47 Å². The molecular formula is C14H12N2O3. The van der Waals surface area contributed by atoms with E-state index in [0.717, 1.165) is 10.3 Å². The highest BCUT2D eigenvalue weighted by atomic mass is 16.5. The first-order chi connectivity index (χ1) is 9.22. The van der Waals surface area contributed by atoms with Crippen molar-refractivity contribution >= 4 is 11.1 Å². The number of para-hydroxylation sites is 1. The molecule has 96 valence electrons. The number of nitrogens with zero attached hydrogens (tertiary/aromatic N) is 2. The molecule has 0 bridgehead atoms. The average Bonchev–Trinajstić information content (AvgIpc) is 2.82. The minimum atomic E-state index is 0.448. The first-order valence-corrected chi connectivity index (χ1v) is 5.84. The van der Waals surface area contributed by atoms with Crippen LogP contribution in [0.3, 0.4) is 0 Å². The third kappa shape index (κ3) is 1.71. The predicted molar refractivity (Wildman–Crippen MR) is 69.7 cm³/mol. The topological polar surface area (TPSA) is 62.2 Å². The van der Waals surface area contributed by atoms with Crippen LogP contribution in [-0.2, 0) is 0 Å². The van der Waals surface area contributed by atoms with Crippen LogP contribution in [-0.4, -0.2) is 12.3 Å². The molecule has 5 heteroatoms. The maximum atomic E-state index is 12.4. The predicted octanol–water partition coefficient (Wildman–Crippen LogP) is 2.45. The Hall–Kier alpha value is -2.56. The van der Waals surface area contributed by atoms with Crippen LogP contribution in [0.25, 0.3) is 22.4 Å². The van der Waals surface area contributed by atoms with Gasteiger partial charge in [0.1, 0.15) is 5.75 Å². The number of aryl methyl sites for hydroxylation is 1. The summed E-state index contributed by atoms with van der Waals surface area (Å²) in [5.41, 5.74) is 2.75. The van der Waals surface area contributed by atoms with Crippen LogP contribution in [0.15, 0.2) is 40.9 Å². The first-order valence-electron chi connectivity index (χ1n) is 5.84. The number of aromatic nitrogens is 2. The molecule has 3 aromatic rings. The molecule has 0 radical (unpaired) electrons. The summed E-state index contributed by atoms with van der Waals surface area (Å²) in [5, 5.41) is 16.2. The third-order valence-corrected chi connectivity index (χ3v) is 3.05. The van der Waals surface area contributed by atoms with Gasteiger partial charge in [0, 0.05) is 6.07 Å². The zero-order valence-corrected chi connectivity index (χ0v) is 10.6. The van der Waals surface area contributed by atoms with Crippen LogP contribution in [0.1, 0.15) is 5.69 Å². The minimum absolute atomic E-state index is 0.448. The zero-order valence-electron chi connectivity index (χ0n) is 10.6. The van der Waals surface area contributed by atoms with Crippen molar-refractivity contribution in [1.29, 1.82) is 0 Å². The average molecular weight is 256 g/mol. The van der Waals surface area contributed by atoms with Crippen molar-refractivity contribution in [2.75, 3.05) is 7.11 Å². The van der Waals surface area contributed by atoms with E-state index in [1.165, 1.54) is 0 Å². The van der Waals surface area contributed by atoms with E-state index in [4.69, 9.17) is 9.26 Å². The van der Waals surface area contributed by atoms with Crippen molar-refractivity contribution in [3.8, 4) is 17.0 Å². The quantitative estimate of drug-likeness (QED) is 0.522. The van der Waals surface area contributed by atoms with Crippen molar-refractivity contribution in [2.45, 2.75) is 6.92 Å². The van der Waals surface area contributed by atoms with Gasteiger partial charge in [-0.05, 0) is 25.1 Å². The Morgan fingerprint density at radius 3 is 2.79 bits per heavy atom. The molecule has 0 saturated heterocycles. The fourth-order valence-corrected chi connectivity index (χ4v) is 2.14. The molecule has 2 aromatic heterocycles. The Balaban J connectivity index is 2.31. The molecular weight excluding hydrogens is 244 g/mol. The second kappa shape index (κ2) is 4.28. The summed E-state index contributed by atoms with van der Waals surface area (Å²) < 4.78 is 11.2. The fourth-order valence-electron chi connectivity index (χ4n) is 2.14. The monoisotopic (exact) mass is 256 g/mol. The zero-order chi connectivity index (χ0) is 13.4. The van der Waals surface area contributed by atoms with Gasteiger partial charge in [-0.3, -0.25) is 0 Å². The van der Waals surface area contributed by atoms with Crippen LogP contribution >= 0.6 is 0 Å². The lowest BCUT2D eigenvalue weighted by molar-refractivity contribution is -0.565. The van der Waals surface area contributed by atoms with Crippen molar-refractivity contribution in [2.24, 2.45) is 0 Å². The maximum absolute atomic E-state index is 12.4. The van der Waals surface area contributed by atoms with E-state index in [2.05, 4.69) is 5.16 Å². The summed E-state index contributed by atoms with van der Waals surface area (Å²) in [6.45, 7) is 1.74. The number of fused-ring (bicyclic) bond motifs is 1. The Morgan fingerprint density at radius 2 is 2.00 bits per heavy atom. The van der Waals surface area contributed by atoms with Gasteiger partial charge >= 0.3 is 0 Å². The SMILES string of the molecule is COc1ccccc1-c1ccc2onc(C)c2[n+]1[O-]. The van der Waals surface area contributed by atoms with Crippen molar-refractivity contribution in [3.05, 3.63) is 47.3 Å². The smallest absolute Gasteiger partial charge is 0.287 e. The molecule has 0 amide bonds. The van der Waals surface area contributed by atoms with E-state index in [9.17, 15) is 5.21 Å². The van der Waals surface area contributed by atoms with Crippen LogP contribution in [0.2, 0.25) is 0 Å². The maximum Gasteiger partial charge on any atom is 0.287 e. The van der Waals surface area contributed by atoms with Gasteiger partial charge in [0.05, 0.1) is 12.7 Å². The highest BCUT2D eigenvalue weighted by Crippen LogP contribution is 2.28. The summed E-state index contributed by atoms with van der Waals surface area (Å²) in [6.07, 6.45) is 0. The fraction of sp³-hybridized carbons (Fsp3) is 0.143. The largest absolute Gasteiger partial charge is 0.618 e. The van der Waals surface area contributed by atoms with Gasteiger partial charge < -0.3 is 14.5 Å². The lowest BCUT2D eigenvalue weighted by Gasteiger charge is -2.08. The molecule has 2 heterocycles. The van der Waals surface area contributed by atoms with E-state index in [-0.39, 0.29) is 0 Å². The minimum Gasteiger partial charge on any atom is -0.618 e. The van der Waals surface area contributed by atoms with Crippen LogP contribution in [0.5, 0.6) is 5.75 Å². The molecule has 0 aliphatic carbocycles. The highest BCUT2D eigenvalue weighted by Gasteiger charge is 2.20. The van der Waals surface area contributed by atoms with Gasteiger partial charge in [-0.1, -0.05) is 17.3 Å². The standard InChI is InChI=1S/C14H12N2O3/c1-9-14-13(19-15-9)8-7-11(16(14)17)10-5-3-4-6-12(10)18-2/h3-8H,1-2H3. The van der Waals surface area contributed by atoms with Gasteiger partial charge in [0.2, 0.25) is 11.3 Å². The van der Waals surface area contributed by atoms with Crippen molar-refractivity contribution in [3.63, 3.8) is 0 Å². The Kier molecular flexibility index (Phi) is 2.59. The van der Waals surface area contributed by atoms with Gasteiger partial charge in [0.25, 0.3) is 5.52 Å².